The van der Waals surface area contributed by atoms with Gasteiger partial charge >= 0.3 is 0 Å². The molecule has 5 nitrogen and oxygen atoms in total. The molecule has 4 rings (SSSR count). The van der Waals surface area contributed by atoms with Crippen LogP contribution in [0.25, 0.3) is 6.08 Å². The highest BCUT2D eigenvalue weighted by Gasteiger charge is 2.34. The normalized spacial score (nSPS) is 19.5. The fraction of sp³-hybridized carbons (Fsp3) is 0.333. The summed E-state index contributed by atoms with van der Waals surface area (Å²) in [7, 11) is 0. The summed E-state index contributed by atoms with van der Waals surface area (Å²) < 4.78 is 19.1. The predicted octanol–water partition coefficient (Wildman–Crippen LogP) is 6.30. The summed E-state index contributed by atoms with van der Waals surface area (Å²) in [4.78, 5) is 15.2. The molecule has 1 atom stereocenters. The van der Waals surface area contributed by atoms with Crippen molar-refractivity contribution in [3.05, 3.63) is 61.0 Å². The smallest absolute Gasteiger partial charge is 0.266 e. The van der Waals surface area contributed by atoms with Gasteiger partial charge in [0.05, 0.1) is 27.7 Å². The number of rotatable bonds is 8. The molecule has 0 aromatic heterocycles. The second kappa shape index (κ2) is 11.4. The quantitative estimate of drug-likeness (QED) is 0.197. The fourth-order valence-corrected chi connectivity index (χ4v) is 5.79. The molecule has 2 fully saturated rings. The molecule has 0 unspecified atom stereocenters. The van der Waals surface area contributed by atoms with Gasteiger partial charge in [0.15, 0.2) is 11.5 Å². The standard InChI is InChI=1S/C24H23ClINO4S2/c1-2-29-20-11-16(10-19(26)22(20)31-14-15-5-7-17(25)8-6-15)12-21-23(28)27(24(32)33-21)13-18-4-3-9-30-18/h5-8,10-12,18H,2-4,9,13-14H2,1H3/b21-12-/t18-/m0/s1. The topological polar surface area (TPSA) is 48.0 Å². The Balaban J connectivity index is 1.52. The van der Waals surface area contributed by atoms with Crippen LogP contribution in [0.2, 0.25) is 5.02 Å². The van der Waals surface area contributed by atoms with Crippen LogP contribution in [-0.4, -0.2) is 41.0 Å². The molecule has 2 aliphatic rings. The van der Waals surface area contributed by atoms with Crippen LogP contribution in [0.4, 0.5) is 0 Å². The minimum absolute atomic E-state index is 0.0643. The Morgan fingerprint density at radius 3 is 2.79 bits per heavy atom. The molecule has 0 aliphatic carbocycles. The maximum atomic E-state index is 13.0. The summed E-state index contributed by atoms with van der Waals surface area (Å²) in [6, 6.07) is 11.4. The number of carbonyl (C=O) groups is 1. The van der Waals surface area contributed by atoms with Crippen molar-refractivity contribution in [1.82, 2.24) is 4.90 Å². The van der Waals surface area contributed by atoms with Gasteiger partial charge in [0.2, 0.25) is 0 Å². The lowest BCUT2D eigenvalue weighted by Crippen LogP contribution is -2.35. The zero-order valence-corrected chi connectivity index (χ0v) is 22.6. The van der Waals surface area contributed by atoms with Crippen molar-refractivity contribution in [1.29, 1.82) is 0 Å². The molecular formula is C24H23ClINO4S2. The van der Waals surface area contributed by atoms with Crippen LogP contribution in [0.3, 0.4) is 0 Å². The van der Waals surface area contributed by atoms with E-state index in [1.54, 1.807) is 4.90 Å². The summed E-state index contributed by atoms with van der Waals surface area (Å²) in [5.41, 5.74) is 1.87. The number of halogens is 2. The number of hydrogen-bond acceptors (Lipinski definition) is 6. The minimum Gasteiger partial charge on any atom is -0.490 e. The predicted molar refractivity (Wildman–Crippen MR) is 145 cm³/mol. The molecular weight excluding hydrogens is 593 g/mol. The Kier molecular flexibility index (Phi) is 8.56. The Morgan fingerprint density at radius 2 is 2.09 bits per heavy atom. The number of ether oxygens (including phenoxy) is 3. The molecule has 33 heavy (non-hydrogen) atoms. The highest BCUT2D eigenvalue weighted by Crippen LogP contribution is 2.38. The van der Waals surface area contributed by atoms with E-state index in [0.29, 0.717) is 45.5 Å². The second-order valence-corrected chi connectivity index (χ2v) is 10.9. The molecule has 0 spiro atoms. The van der Waals surface area contributed by atoms with E-state index in [2.05, 4.69) is 22.6 Å². The minimum atomic E-state index is -0.0727. The van der Waals surface area contributed by atoms with E-state index < -0.39 is 0 Å². The summed E-state index contributed by atoms with van der Waals surface area (Å²) >= 11 is 15.0. The van der Waals surface area contributed by atoms with E-state index in [9.17, 15) is 4.79 Å². The van der Waals surface area contributed by atoms with Crippen molar-refractivity contribution in [2.45, 2.75) is 32.5 Å². The highest BCUT2D eigenvalue weighted by atomic mass is 127. The second-order valence-electron chi connectivity index (χ2n) is 7.61. The molecule has 2 heterocycles. The van der Waals surface area contributed by atoms with Crippen molar-refractivity contribution in [3.8, 4) is 11.5 Å². The van der Waals surface area contributed by atoms with E-state index in [4.69, 9.17) is 38.0 Å². The van der Waals surface area contributed by atoms with Crippen LogP contribution in [0.15, 0.2) is 41.3 Å². The van der Waals surface area contributed by atoms with Crippen molar-refractivity contribution in [3.63, 3.8) is 0 Å². The first-order chi connectivity index (χ1) is 15.9. The molecule has 0 bridgehead atoms. The van der Waals surface area contributed by atoms with Crippen LogP contribution in [0.1, 0.15) is 30.9 Å². The third-order valence-corrected chi connectivity index (χ3v) is 7.64. The van der Waals surface area contributed by atoms with Gasteiger partial charge in [-0.05, 0) is 83.8 Å². The van der Waals surface area contributed by atoms with Gasteiger partial charge in [-0.3, -0.25) is 9.69 Å². The number of thiocarbonyl (C=S) groups is 1. The Morgan fingerprint density at radius 1 is 1.30 bits per heavy atom. The van der Waals surface area contributed by atoms with Gasteiger partial charge in [0.25, 0.3) is 5.91 Å². The van der Waals surface area contributed by atoms with Crippen molar-refractivity contribution >= 4 is 74.5 Å². The van der Waals surface area contributed by atoms with Crippen molar-refractivity contribution in [2.75, 3.05) is 19.8 Å². The van der Waals surface area contributed by atoms with Gasteiger partial charge in [0, 0.05) is 11.6 Å². The summed E-state index contributed by atoms with van der Waals surface area (Å²) in [6.07, 6.45) is 3.92. The summed E-state index contributed by atoms with van der Waals surface area (Å²) in [6.45, 7) is 4.09. The number of nitrogens with zero attached hydrogens (tertiary/aromatic N) is 1. The summed E-state index contributed by atoms with van der Waals surface area (Å²) in [5, 5.41) is 0.689. The van der Waals surface area contributed by atoms with E-state index in [1.165, 1.54) is 11.8 Å². The molecule has 0 saturated carbocycles. The molecule has 9 heteroatoms. The van der Waals surface area contributed by atoms with Gasteiger partial charge < -0.3 is 14.2 Å². The average Bonchev–Trinajstić information content (AvgIpc) is 3.39. The van der Waals surface area contributed by atoms with Crippen LogP contribution in [0.5, 0.6) is 11.5 Å². The third kappa shape index (κ3) is 6.22. The van der Waals surface area contributed by atoms with Crippen molar-refractivity contribution < 1.29 is 19.0 Å². The lowest BCUT2D eigenvalue weighted by atomic mass is 10.1. The number of amides is 1. The molecule has 0 radical (unpaired) electrons. The Hall–Kier alpha value is -1.33. The molecule has 0 N–H and O–H groups in total. The molecule has 2 aromatic rings. The monoisotopic (exact) mass is 615 g/mol. The van der Waals surface area contributed by atoms with E-state index in [0.717, 1.165) is 34.1 Å². The van der Waals surface area contributed by atoms with E-state index in [1.807, 2.05) is 49.4 Å². The van der Waals surface area contributed by atoms with Crippen LogP contribution in [-0.2, 0) is 16.1 Å². The molecule has 1 amide bonds. The zero-order chi connectivity index (χ0) is 23.4. The van der Waals surface area contributed by atoms with Gasteiger partial charge in [-0.1, -0.05) is 47.7 Å². The van der Waals surface area contributed by atoms with Gasteiger partial charge in [-0.15, -0.1) is 0 Å². The maximum absolute atomic E-state index is 13.0. The first kappa shape index (κ1) is 24.8. The van der Waals surface area contributed by atoms with Gasteiger partial charge in [-0.25, -0.2) is 0 Å². The highest BCUT2D eigenvalue weighted by molar-refractivity contribution is 14.1. The number of benzene rings is 2. The first-order valence-corrected chi connectivity index (χ1v) is 13.3. The zero-order valence-electron chi connectivity index (χ0n) is 18.0. The van der Waals surface area contributed by atoms with Crippen molar-refractivity contribution in [2.24, 2.45) is 0 Å². The van der Waals surface area contributed by atoms with Crippen LogP contribution < -0.4 is 9.47 Å². The largest absolute Gasteiger partial charge is 0.490 e. The Labute approximate surface area is 221 Å². The third-order valence-electron chi connectivity index (χ3n) is 5.21. The maximum Gasteiger partial charge on any atom is 0.266 e. The molecule has 2 aliphatic heterocycles. The number of hydrogen-bond donors (Lipinski definition) is 0. The molecule has 174 valence electrons. The van der Waals surface area contributed by atoms with Gasteiger partial charge in [0.1, 0.15) is 10.9 Å². The average molecular weight is 616 g/mol. The van der Waals surface area contributed by atoms with Crippen LogP contribution >= 0.6 is 58.2 Å². The van der Waals surface area contributed by atoms with E-state index >= 15 is 0 Å². The lowest BCUT2D eigenvalue weighted by molar-refractivity contribution is -0.123. The van der Waals surface area contributed by atoms with E-state index in [-0.39, 0.29) is 12.0 Å². The number of carbonyl (C=O) groups excluding carboxylic acids is 1. The lowest BCUT2D eigenvalue weighted by Gasteiger charge is -2.18. The molecule has 2 saturated heterocycles. The number of thioether (sulfide) groups is 1. The first-order valence-electron chi connectivity index (χ1n) is 10.6. The summed E-state index contributed by atoms with van der Waals surface area (Å²) in [5.74, 6) is 1.24. The Bertz CT molecular complexity index is 1070. The SMILES string of the molecule is CCOc1cc(/C=C2\SC(=S)N(C[C@@H]3CCCO3)C2=O)cc(I)c1OCc1ccc(Cl)cc1. The van der Waals surface area contributed by atoms with Crippen LogP contribution in [0, 0.1) is 3.57 Å². The fourth-order valence-electron chi connectivity index (χ4n) is 3.61. The molecule has 2 aromatic carbocycles. The van der Waals surface area contributed by atoms with Gasteiger partial charge in [-0.2, -0.15) is 0 Å².